The van der Waals surface area contributed by atoms with Gasteiger partial charge in [-0.2, -0.15) is 0 Å². The van der Waals surface area contributed by atoms with Gasteiger partial charge < -0.3 is 10.4 Å². The highest BCUT2D eigenvalue weighted by Crippen LogP contribution is 2.32. The van der Waals surface area contributed by atoms with Gasteiger partial charge in [-0.1, -0.05) is 25.1 Å². The molecule has 0 aliphatic carbocycles. The minimum atomic E-state index is -1.02. The monoisotopic (exact) mass is 303 g/mol. The van der Waals surface area contributed by atoms with E-state index < -0.39 is 5.97 Å². The fourth-order valence-electron chi connectivity index (χ4n) is 2.19. The number of carbonyl (C=O) groups is 2. The number of benzene rings is 1. The van der Waals surface area contributed by atoms with Crippen molar-refractivity contribution in [2.24, 2.45) is 0 Å². The fourth-order valence-corrected chi connectivity index (χ4v) is 3.24. The molecule has 0 saturated heterocycles. The second kappa shape index (κ2) is 6.10. The lowest BCUT2D eigenvalue weighted by atomic mass is 10.0. The van der Waals surface area contributed by atoms with Crippen LogP contribution in [-0.2, 0) is 6.42 Å². The summed E-state index contributed by atoms with van der Waals surface area (Å²) in [6.45, 7) is 5.58. The normalized spacial score (nSPS) is 10.4. The molecule has 1 aromatic heterocycles. The first-order valence-corrected chi connectivity index (χ1v) is 7.49. The lowest BCUT2D eigenvalue weighted by Crippen LogP contribution is -2.15. The van der Waals surface area contributed by atoms with E-state index in [1.165, 1.54) is 11.3 Å². The van der Waals surface area contributed by atoms with Gasteiger partial charge in [-0.15, -0.1) is 11.3 Å². The molecule has 110 valence electrons. The van der Waals surface area contributed by atoms with Crippen molar-refractivity contribution >= 4 is 28.2 Å². The highest BCUT2D eigenvalue weighted by molar-refractivity contribution is 7.16. The van der Waals surface area contributed by atoms with E-state index in [2.05, 4.69) is 5.32 Å². The molecule has 1 heterocycles. The summed E-state index contributed by atoms with van der Waals surface area (Å²) in [4.78, 5) is 24.6. The highest BCUT2D eigenvalue weighted by atomic mass is 32.1. The number of aryl methyl sites for hydroxylation is 2. The van der Waals surface area contributed by atoms with Gasteiger partial charge in [-0.05, 0) is 37.5 Å². The first-order chi connectivity index (χ1) is 9.95. The number of anilines is 1. The molecule has 4 nitrogen and oxygen atoms in total. The Bertz CT molecular complexity index is 704. The van der Waals surface area contributed by atoms with Crippen molar-refractivity contribution in [3.8, 4) is 0 Å². The van der Waals surface area contributed by atoms with Crippen molar-refractivity contribution in [3.63, 3.8) is 0 Å². The van der Waals surface area contributed by atoms with Crippen molar-refractivity contribution in [2.75, 3.05) is 5.32 Å². The Morgan fingerprint density at radius 2 is 1.90 bits per heavy atom. The zero-order valence-corrected chi connectivity index (χ0v) is 13.0. The van der Waals surface area contributed by atoms with Crippen LogP contribution >= 0.6 is 11.3 Å². The van der Waals surface area contributed by atoms with Crippen LogP contribution in [-0.4, -0.2) is 17.0 Å². The van der Waals surface area contributed by atoms with Gasteiger partial charge in [0.2, 0.25) is 0 Å². The number of thiophene rings is 1. The Hall–Kier alpha value is -2.14. The molecule has 0 radical (unpaired) electrons. The first kappa shape index (κ1) is 15.3. The van der Waals surface area contributed by atoms with Crippen LogP contribution in [0.5, 0.6) is 0 Å². The number of aromatic carboxylic acids is 1. The molecule has 1 aromatic carbocycles. The number of rotatable bonds is 4. The summed E-state index contributed by atoms with van der Waals surface area (Å²) in [5, 5.41) is 12.4. The second-order valence-corrected chi connectivity index (χ2v) is 5.98. The van der Waals surface area contributed by atoms with Crippen LogP contribution in [0.2, 0.25) is 0 Å². The van der Waals surface area contributed by atoms with E-state index in [1.54, 1.807) is 19.1 Å². The maximum atomic E-state index is 12.4. The summed E-state index contributed by atoms with van der Waals surface area (Å²) < 4.78 is 0. The van der Waals surface area contributed by atoms with E-state index in [0.717, 1.165) is 16.9 Å². The Morgan fingerprint density at radius 1 is 1.24 bits per heavy atom. The molecule has 2 aromatic rings. The van der Waals surface area contributed by atoms with Gasteiger partial charge in [0.25, 0.3) is 5.91 Å². The minimum Gasteiger partial charge on any atom is -0.478 e. The van der Waals surface area contributed by atoms with Gasteiger partial charge in [0.1, 0.15) is 5.00 Å². The Labute approximate surface area is 127 Å². The lowest BCUT2D eigenvalue weighted by molar-refractivity contribution is 0.0697. The van der Waals surface area contributed by atoms with Crippen molar-refractivity contribution in [1.29, 1.82) is 0 Å². The Morgan fingerprint density at radius 3 is 2.52 bits per heavy atom. The molecule has 5 heteroatoms. The molecule has 0 fully saturated rings. The number of hydrogen-bond acceptors (Lipinski definition) is 3. The summed E-state index contributed by atoms with van der Waals surface area (Å²) in [5.74, 6) is -1.29. The number of carboxylic acid groups (broad SMARTS) is 1. The number of hydrogen-bond donors (Lipinski definition) is 2. The van der Waals surface area contributed by atoms with Gasteiger partial charge in [0.15, 0.2) is 0 Å². The lowest BCUT2D eigenvalue weighted by Gasteiger charge is -2.08. The van der Waals surface area contributed by atoms with Crippen LogP contribution in [0.15, 0.2) is 24.3 Å². The molecule has 0 bridgehead atoms. The van der Waals surface area contributed by atoms with Crippen molar-refractivity contribution in [3.05, 3.63) is 51.4 Å². The SMILES string of the molecule is CCc1ccccc1C(=O)Nc1sc(C)c(C)c1C(=O)O. The van der Waals surface area contributed by atoms with Gasteiger partial charge in [0.05, 0.1) is 5.56 Å². The quantitative estimate of drug-likeness (QED) is 0.900. The van der Waals surface area contributed by atoms with E-state index in [4.69, 9.17) is 0 Å². The van der Waals surface area contributed by atoms with Crippen molar-refractivity contribution in [1.82, 2.24) is 0 Å². The topological polar surface area (TPSA) is 66.4 Å². The maximum absolute atomic E-state index is 12.4. The largest absolute Gasteiger partial charge is 0.478 e. The van der Waals surface area contributed by atoms with Gasteiger partial charge >= 0.3 is 5.97 Å². The summed E-state index contributed by atoms with van der Waals surface area (Å²) in [6, 6.07) is 7.34. The van der Waals surface area contributed by atoms with Gasteiger partial charge in [-0.25, -0.2) is 4.79 Å². The number of carbonyl (C=O) groups excluding carboxylic acids is 1. The van der Waals surface area contributed by atoms with Crippen molar-refractivity contribution < 1.29 is 14.7 Å². The Balaban J connectivity index is 2.36. The van der Waals surface area contributed by atoms with E-state index in [9.17, 15) is 14.7 Å². The molecule has 0 spiro atoms. The van der Waals surface area contributed by atoms with Crippen molar-refractivity contribution in [2.45, 2.75) is 27.2 Å². The summed E-state index contributed by atoms with van der Waals surface area (Å²) in [5.41, 5.74) is 2.41. The standard InChI is InChI=1S/C16H17NO3S/c1-4-11-7-5-6-8-12(11)14(18)17-15-13(16(19)20)9(2)10(3)21-15/h5-8H,4H2,1-3H3,(H,17,18)(H,19,20). The molecule has 0 saturated carbocycles. The predicted octanol–water partition coefficient (Wildman–Crippen LogP) is 3.88. The molecule has 0 aliphatic rings. The molecule has 2 N–H and O–H groups in total. The summed E-state index contributed by atoms with van der Waals surface area (Å²) in [7, 11) is 0. The van der Waals surface area contributed by atoms with E-state index >= 15 is 0 Å². The average Bonchev–Trinajstić information content (AvgIpc) is 2.73. The van der Waals surface area contributed by atoms with Crippen LogP contribution < -0.4 is 5.32 Å². The predicted molar refractivity (Wildman–Crippen MR) is 84.5 cm³/mol. The molecule has 21 heavy (non-hydrogen) atoms. The van der Waals surface area contributed by atoms with Gasteiger partial charge in [-0.3, -0.25) is 4.79 Å². The third kappa shape index (κ3) is 2.97. The fraction of sp³-hybridized carbons (Fsp3) is 0.250. The minimum absolute atomic E-state index is 0.180. The number of amides is 1. The third-order valence-corrected chi connectivity index (χ3v) is 4.59. The molecular formula is C16H17NO3S. The molecule has 0 aliphatic heterocycles. The Kier molecular flexibility index (Phi) is 4.43. The third-order valence-electron chi connectivity index (χ3n) is 3.47. The molecule has 2 rings (SSSR count). The van der Waals surface area contributed by atoms with Crippen LogP contribution in [0.1, 0.15) is 43.6 Å². The van der Waals surface area contributed by atoms with E-state index in [1.807, 2.05) is 26.0 Å². The van der Waals surface area contributed by atoms with Gasteiger partial charge in [0, 0.05) is 10.4 Å². The molecule has 0 unspecified atom stereocenters. The second-order valence-electron chi connectivity index (χ2n) is 4.76. The molecular weight excluding hydrogens is 286 g/mol. The van der Waals surface area contributed by atoms with Crippen LogP contribution in [0.25, 0.3) is 0 Å². The first-order valence-electron chi connectivity index (χ1n) is 6.68. The number of nitrogens with one attached hydrogen (secondary N) is 1. The zero-order chi connectivity index (χ0) is 15.6. The molecule has 0 atom stereocenters. The van der Waals surface area contributed by atoms with Crippen LogP contribution in [0.4, 0.5) is 5.00 Å². The highest BCUT2D eigenvalue weighted by Gasteiger charge is 2.21. The summed E-state index contributed by atoms with van der Waals surface area (Å²) in [6.07, 6.45) is 0.748. The average molecular weight is 303 g/mol. The van der Waals surface area contributed by atoms with E-state index in [0.29, 0.717) is 16.1 Å². The number of carboxylic acids is 1. The van der Waals surface area contributed by atoms with E-state index in [-0.39, 0.29) is 11.5 Å². The smallest absolute Gasteiger partial charge is 0.338 e. The molecule has 1 amide bonds. The van der Waals surface area contributed by atoms with Crippen LogP contribution in [0, 0.1) is 13.8 Å². The zero-order valence-electron chi connectivity index (χ0n) is 12.2. The van der Waals surface area contributed by atoms with Crippen LogP contribution in [0.3, 0.4) is 0 Å². The maximum Gasteiger partial charge on any atom is 0.338 e. The summed E-state index contributed by atoms with van der Waals surface area (Å²) >= 11 is 1.29.